The summed E-state index contributed by atoms with van der Waals surface area (Å²) >= 11 is 0. The first-order chi connectivity index (χ1) is 14.2. The lowest BCUT2D eigenvalue weighted by Crippen LogP contribution is -2.42. The van der Waals surface area contributed by atoms with E-state index in [1.54, 1.807) is 30.3 Å². The van der Waals surface area contributed by atoms with Crippen molar-refractivity contribution in [3.63, 3.8) is 0 Å². The van der Waals surface area contributed by atoms with E-state index >= 15 is 0 Å². The van der Waals surface area contributed by atoms with Gasteiger partial charge in [-0.05, 0) is 18.9 Å². The molecular weight excluding hydrogens is 374 g/mol. The highest BCUT2D eigenvalue weighted by atomic mass is 16.5. The predicted molar refractivity (Wildman–Crippen MR) is 104 cm³/mol. The molecule has 9 heteroatoms. The number of carbonyl (C=O) groups excluding carboxylic acids is 1. The molecule has 1 aliphatic heterocycles. The predicted octanol–water partition coefficient (Wildman–Crippen LogP) is 1.37. The number of fused-ring (bicyclic) bond motifs is 1. The lowest BCUT2D eigenvalue weighted by atomic mass is 9.98. The topological polar surface area (TPSA) is 103 Å². The maximum absolute atomic E-state index is 12.8. The van der Waals surface area contributed by atoms with Crippen molar-refractivity contribution in [1.82, 2.24) is 24.8 Å². The Bertz CT molecular complexity index is 1060. The monoisotopic (exact) mass is 397 g/mol. The molecule has 1 unspecified atom stereocenters. The molecule has 0 saturated carbocycles. The van der Waals surface area contributed by atoms with Crippen molar-refractivity contribution in [2.24, 2.45) is 0 Å². The number of methoxy groups -OCH3 is 1. The van der Waals surface area contributed by atoms with Gasteiger partial charge in [-0.1, -0.05) is 23.4 Å². The first kappa shape index (κ1) is 19.3. The van der Waals surface area contributed by atoms with Crippen molar-refractivity contribution in [3.8, 4) is 0 Å². The molecule has 29 heavy (non-hydrogen) atoms. The number of piperidine rings is 1. The average Bonchev–Trinajstić information content (AvgIpc) is 3.23. The molecule has 1 aliphatic rings. The minimum Gasteiger partial charge on any atom is -0.384 e. The minimum absolute atomic E-state index is 0.00206. The summed E-state index contributed by atoms with van der Waals surface area (Å²) in [5.74, 6) is 1.02. The van der Waals surface area contributed by atoms with Crippen molar-refractivity contribution >= 4 is 16.7 Å². The van der Waals surface area contributed by atoms with E-state index in [0.29, 0.717) is 43.2 Å². The standard InChI is InChI=1S/C20H23N5O4/c1-28-10-8-17-22-19(29-23-17)15-6-4-9-24(12-15)18(26)13-25-20(27)16-7-3-2-5-14(16)11-21-25/h2-3,5,7,11,15H,4,6,8-10,12-13H2,1H3. The van der Waals surface area contributed by atoms with Gasteiger partial charge in [-0.3, -0.25) is 9.59 Å². The number of hydrogen-bond donors (Lipinski definition) is 0. The third kappa shape index (κ3) is 4.19. The minimum atomic E-state index is -0.260. The number of benzene rings is 1. The summed E-state index contributed by atoms with van der Waals surface area (Å²) in [7, 11) is 1.63. The summed E-state index contributed by atoms with van der Waals surface area (Å²) in [5.41, 5.74) is -0.260. The number of nitrogens with zero attached hydrogens (tertiary/aromatic N) is 5. The average molecular weight is 397 g/mol. The molecule has 1 fully saturated rings. The third-order valence-corrected chi connectivity index (χ3v) is 5.18. The van der Waals surface area contributed by atoms with E-state index in [1.807, 2.05) is 12.1 Å². The first-order valence-corrected chi connectivity index (χ1v) is 9.70. The summed E-state index contributed by atoms with van der Waals surface area (Å²) in [6, 6.07) is 7.23. The molecule has 1 saturated heterocycles. The second-order valence-corrected chi connectivity index (χ2v) is 7.17. The lowest BCUT2D eigenvalue weighted by Gasteiger charge is -2.31. The Hall–Kier alpha value is -3.07. The number of amides is 1. The summed E-state index contributed by atoms with van der Waals surface area (Å²) in [5, 5.41) is 9.46. The van der Waals surface area contributed by atoms with Gasteiger partial charge in [0.05, 0.1) is 24.1 Å². The summed E-state index contributed by atoms with van der Waals surface area (Å²) in [6.07, 6.45) is 3.92. The van der Waals surface area contributed by atoms with Gasteiger partial charge in [0.25, 0.3) is 5.56 Å². The summed E-state index contributed by atoms with van der Waals surface area (Å²) < 4.78 is 11.7. The van der Waals surface area contributed by atoms with Gasteiger partial charge in [0.15, 0.2) is 5.82 Å². The van der Waals surface area contributed by atoms with Crippen LogP contribution in [0.3, 0.4) is 0 Å². The molecule has 0 spiro atoms. The van der Waals surface area contributed by atoms with E-state index in [2.05, 4.69) is 15.2 Å². The van der Waals surface area contributed by atoms with Gasteiger partial charge in [0, 0.05) is 32.0 Å². The number of ether oxygens (including phenoxy) is 1. The van der Waals surface area contributed by atoms with Crippen molar-refractivity contribution in [2.45, 2.75) is 31.7 Å². The van der Waals surface area contributed by atoms with Crippen LogP contribution < -0.4 is 5.56 Å². The Morgan fingerprint density at radius 1 is 1.34 bits per heavy atom. The molecule has 3 aromatic rings. The quantitative estimate of drug-likeness (QED) is 0.619. The van der Waals surface area contributed by atoms with Crippen LogP contribution in [0.15, 0.2) is 39.8 Å². The van der Waals surface area contributed by atoms with Gasteiger partial charge in [-0.15, -0.1) is 0 Å². The van der Waals surface area contributed by atoms with Crippen molar-refractivity contribution in [3.05, 3.63) is 52.5 Å². The highest BCUT2D eigenvalue weighted by Gasteiger charge is 2.29. The van der Waals surface area contributed by atoms with Crippen molar-refractivity contribution in [1.29, 1.82) is 0 Å². The van der Waals surface area contributed by atoms with Crippen LogP contribution in [0.5, 0.6) is 0 Å². The Balaban J connectivity index is 1.44. The molecule has 152 valence electrons. The number of hydrogen-bond acceptors (Lipinski definition) is 7. The van der Waals surface area contributed by atoms with Gasteiger partial charge in [0.1, 0.15) is 6.54 Å². The number of carbonyl (C=O) groups is 1. The lowest BCUT2D eigenvalue weighted by molar-refractivity contribution is -0.133. The fourth-order valence-corrected chi connectivity index (χ4v) is 3.60. The maximum atomic E-state index is 12.8. The van der Waals surface area contributed by atoms with Crippen LogP contribution in [0, 0.1) is 0 Å². The molecular formula is C20H23N5O4. The first-order valence-electron chi connectivity index (χ1n) is 9.70. The zero-order valence-electron chi connectivity index (χ0n) is 16.3. The zero-order chi connectivity index (χ0) is 20.2. The molecule has 0 bridgehead atoms. The zero-order valence-corrected chi connectivity index (χ0v) is 16.3. The largest absolute Gasteiger partial charge is 0.384 e. The van der Waals surface area contributed by atoms with Gasteiger partial charge >= 0.3 is 0 Å². The highest BCUT2D eigenvalue weighted by Crippen LogP contribution is 2.26. The summed E-state index contributed by atoms with van der Waals surface area (Å²) in [6.45, 7) is 1.58. The molecule has 3 heterocycles. The van der Waals surface area contributed by atoms with Crippen LogP contribution in [0.4, 0.5) is 0 Å². The molecule has 0 N–H and O–H groups in total. The van der Waals surface area contributed by atoms with Crippen molar-refractivity contribution < 1.29 is 14.1 Å². The van der Waals surface area contributed by atoms with Gasteiger partial charge < -0.3 is 14.2 Å². The van der Waals surface area contributed by atoms with Crippen LogP contribution in [-0.4, -0.2) is 57.5 Å². The van der Waals surface area contributed by atoms with E-state index in [0.717, 1.165) is 18.2 Å². The fraction of sp³-hybridized carbons (Fsp3) is 0.450. The van der Waals surface area contributed by atoms with E-state index < -0.39 is 0 Å². The number of likely N-dealkylation sites (tertiary alicyclic amines) is 1. The van der Waals surface area contributed by atoms with E-state index in [1.165, 1.54) is 4.68 Å². The van der Waals surface area contributed by atoms with E-state index in [4.69, 9.17) is 9.26 Å². The second kappa shape index (κ2) is 8.52. The van der Waals surface area contributed by atoms with Crippen LogP contribution >= 0.6 is 0 Å². The van der Waals surface area contributed by atoms with Gasteiger partial charge in [-0.25, -0.2) is 4.68 Å². The van der Waals surface area contributed by atoms with Crippen LogP contribution in [-0.2, 0) is 22.5 Å². The van der Waals surface area contributed by atoms with Crippen LogP contribution in [0.1, 0.15) is 30.5 Å². The van der Waals surface area contributed by atoms with Crippen LogP contribution in [0.2, 0.25) is 0 Å². The van der Waals surface area contributed by atoms with Crippen LogP contribution in [0.25, 0.3) is 10.8 Å². The Labute approximate surface area is 167 Å². The molecule has 4 rings (SSSR count). The third-order valence-electron chi connectivity index (χ3n) is 5.18. The Morgan fingerprint density at radius 3 is 3.07 bits per heavy atom. The maximum Gasteiger partial charge on any atom is 0.275 e. The molecule has 9 nitrogen and oxygen atoms in total. The summed E-state index contributed by atoms with van der Waals surface area (Å²) in [4.78, 5) is 31.6. The molecule has 2 aromatic heterocycles. The molecule has 0 aliphatic carbocycles. The fourth-order valence-electron chi connectivity index (χ4n) is 3.60. The SMILES string of the molecule is COCCc1noc(C2CCCN(C(=O)Cn3ncc4ccccc4c3=O)C2)n1. The number of rotatable bonds is 6. The van der Waals surface area contributed by atoms with Crippen molar-refractivity contribution in [2.75, 3.05) is 26.8 Å². The highest BCUT2D eigenvalue weighted by molar-refractivity contribution is 5.81. The number of aromatic nitrogens is 4. The molecule has 0 radical (unpaired) electrons. The Morgan fingerprint density at radius 2 is 2.21 bits per heavy atom. The van der Waals surface area contributed by atoms with Gasteiger partial charge in [-0.2, -0.15) is 10.1 Å². The smallest absolute Gasteiger partial charge is 0.275 e. The second-order valence-electron chi connectivity index (χ2n) is 7.17. The van der Waals surface area contributed by atoms with E-state index in [-0.39, 0.29) is 23.9 Å². The molecule has 1 amide bonds. The normalized spacial score (nSPS) is 17.0. The Kier molecular flexibility index (Phi) is 5.66. The van der Waals surface area contributed by atoms with Gasteiger partial charge in [0.2, 0.25) is 11.8 Å². The molecule has 1 aromatic carbocycles. The molecule has 1 atom stereocenters. The van der Waals surface area contributed by atoms with E-state index in [9.17, 15) is 9.59 Å².